The highest BCUT2D eigenvalue weighted by atomic mass is 19.4. The summed E-state index contributed by atoms with van der Waals surface area (Å²) in [6.45, 7) is -0.422. The Balaban J connectivity index is 1.56. The lowest BCUT2D eigenvalue weighted by Crippen LogP contribution is -2.47. The number of rotatable bonds is 4. The molecule has 0 atom stereocenters. The molecule has 0 aliphatic carbocycles. The number of carbonyl (C=O) groups is 3. The molecule has 184 valence electrons. The van der Waals surface area contributed by atoms with Gasteiger partial charge in [-0.1, -0.05) is 6.07 Å². The molecule has 0 unspecified atom stereocenters. The van der Waals surface area contributed by atoms with Crippen LogP contribution in [0.25, 0.3) is 0 Å². The van der Waals surface area contributed by atoms with E-state index in [2.05, 4.69) is 15.3 Å². The number of pyridine rings is 2. The number of nitrogens with zero attached hydrogens (tertiary/aromatic N) is 4. The van der Waals surface area contributed by atoms with Crippen LogP contribution < -0.4 is 10.2 Å². The van der Waals surface area contributed by atoms with Crippen molar-refractivity contribution in [1.82, 2.24) is 14.9 Å². The van der Waals surface area contributed by atoms with Crippen molar-refractivity contribution in [2.75, 3.05) is 16.8 Å². The van der Waals surface area contributed by atoms with E-state index in [-0.39, 0.29) is 23.5 Å². The van der Waals surface area contributed by atoms with Crippen molar-refractivity contribution < 1.29 is 36.3 Å². The first kappa shape index (κ1) is 24.4. The number of aromatic nitrogens is 2. The van der Waals surface area contributed by atoms with Crippen LogP contribution in [0.1, 0.15) is 26.3 Å². The van der Waals surface area contributed by atoms with E-state index >= 15 is 0 Å². The molecule has 0 saturated heterocycles. The lowest BCUT2D eigenvalue weighted by molar-refractivity contribution is -0.138. The van der Waals surface area contributed by atoms with Gasteiger partial charge in [-0.25, -0.2) is 23.5 Å². The van der Waals surface area contributed by atoms with Crippen LogP contribution in [0.2, 0.25) is 0 Å². The van der Waals surface area contributed by atoms with Gasteiger partial charge in [-0.3, -0.25) is 19.4 Å². The summed E-state index contributed by atoms with van der Waals surface area (Å²) in [6.07, 6.45) is -0.0299. The average Bonchev–Trinajstić information content (AvgIpc) is 2.85. The second-order valence-electron chi connectivity index (χ2n) is 7.34. The third-order valence-electron chi connectivity index (χ3n) is 4.98. The summed E-state index contributed by atoms with van der Waals surface area (Å²) in [7, 11) is 0. The molecule has 1 aliphatic heterocycles. The highest BCUT2D eigenvalue weighted by Crippen LogP contribution is 2.34. The van der Waals surface area contributed by atoms with Crippen molar-refractivity contribution in [2.45, 2.75) is 6.18 Å². The summed E-state index contributed by atoms with van der Waals surface area (Å²) in [4.78, 5) is 47.3. The molecule has 0 bridgehead atoms. The van der Waals surface area contributed by atoms with Crippen LogP contribution in [-0.2, 0) is 6.18 Å². The third kappa shape index (κ3) is 4.89. The Morgan fingerprint density at radius 1 is 1.00 bits per heavy atom. The van der Waals surface area contributed by atoms with Gasteiger partial charge in [0.25, 0.3) is 11.8 Å². The predicted molar refractivity (Wildman–Crippen MR) is 116 cm³/mol. The number of hydrogen-bond acceptors (Lipinski definition) is 5. The Bertz CT molecular complexity index is 1360. The normalized spacial score (nSPS) is 13.6. The summed E-state index contributed by atoms with van der Waals surface area (Å²) in [5.74, 6) is -5.24. The monoisotopic (exact) mass is 503 g/mol. The average molecular weight is 503 g/mol. The zero-order chi connectivity index (χ0) is 26.0. The first-order valence-corrected chi connectivity index (χ1v) is 10.1. The molecule has 1 aromatic carbocycles. The number of urea groups is 1. The van der Waals surface area contributed by atoms with Gasteiger partial charge in [0.2, 0.25) is 0 Å². The second kappa shape index (κ2) is 9.52. The minimum Gasteiger partial charge on any atom is -0.307 e. The quantitative estimate of drug-likeness (QED) is 0.525. The Kier molecular flexibility index (Phi) is 6.47. The van der Waals surface area contributed by atoms with Crippen LogP contribution in [0.5, 0.6) is 0 Å². The number of benzene rings is 1. The fourth-order valence-electron chi connectivity index (χ4n) is 3.27. The molecule has 1 aliphatic rings. The highest BCUT2D eigenvalue weighted by Gasteiger charge is 2.39. The number of hydrogen-bond donors (Lipinski definition) is 1. The predicted octanol–water partition coefficient (Wildman–Crippen LogP) is 4.62. The minimum absolute atomic E-state index is 0.0514. The van der Waals surface area contributed by atoms with Crippen molar-refractivity contribution in [2.24, 2.45) is 0 Å². The second-order valence-corrected chi connectivity index (χ2v) is 7.34. The van der Waals surface area contributed by atoms with Gasteiger partial charge in [0.05, 0.1) is 23.2 Å². The molecule has 0 spiro atoms. The SMILES string of the molecule is O=C(Nc1ccccn1)c1ccc(N2C=CCN(C(=O)c3cc(F)c(F)cc3C(F)(F)F)C2=O)nc1. The van der Waals surface area contributed by atoms with Crippen LogP contribution in [0.3, 0.4) is 0 Å². The molecule has 4 rings (SSSR count). The molecule has 8 nitrogen and oxygen atoms in total. The largest absolute Gasteiger partial charge is 0.417 e. The molecule has 3 aromatic rings. The van der Waals surface area contributed by atoms with Gasteiger partial charge in [-0.05, 0) is 42.5 Å². The van der Waals surface area contributed by atoms with Gasteiger partial charge in [0.15, 0.2) is 11.6 Å². The van der Waals surface area contributed by atoms with Crippen molar-refractivity contribution >= 4 is 29.5 Å². The van der Waals surface area contributed by atoms with Crippen molar-refractivity contribution in [3.63, 3.8) is 0 Å². The molecule has 13 heteroatoms. The maximum atomic E-state index is 13.7. The van der Waals surface area contributed by atoms with Gasteiger partial charge in [-0.15, -0.1) is 0 Å². The molecule has 2 aromatic heterocycles. The molecule has 3 heterocycles. The van der Waals surface area contributed by atoms with Gasteiger partial charge in [0.1, 0.15) is 11.6 Å². The van der Waals surface area contributed by atoms with Gasteiger partial charge in [0, 0.05) is 18.6 Å². The molecule has 1 N–H and O–H groups in total. The Labute approximate surface area is 199 Å². The lowest BCUT2D eigenvalue weighted by Gasteiger charge is -2.30. The molecular weight excluding hydrogens is 489 g/mol. The number of alkyl halides is 3. The fraction of sp³-hybridized carbons (Fsp3) is 0.0870. The van der Waals surface area contributed by atoms with Crippen LogP contribution in [0, 0.1) is 11.6 Å². The number of amides is 4. The maximum absolute atomic E-state index is 13.7. The highest BCUT2D eigenvalue weighted by molar-refractivity contribution is 6.10. The number of imide groups is 1. The summed E-state index contributed by atoms with van der Waals surface area (Å²) < 4.78 is 67.2. The van der Waals surface area contributed by atoms with Crippen LogP contribution >= 0.6 is 0 Å². The Morgan fingerprint density at radius 3 is 2.39 bits per heavy atom. The zero-order valence-corrected chi connectivity index (χ0v) is 18.0. The standard InChI is InChI=1S/C23H14F5N5O3/c24-16-10-14(15(11-17(16)25)23(26,27)28)21(35)33-9-3-8-32(22(33)36)19-6-5-13(12-30-19)20(34)31-18-4-1-2-7-29-18/h1-8,10-12H,9H2,(H,29,31,34). The van der Waals surface area contributed by atoms with Crippen molar-refractivity contribution in [1.29, 1.82) is 0 Å². The van der Waals surface area contributed by atoms with Gasteiger partial charge >= 0.3 is 12.2 Å². The fourth-order valence-corrected chi connectivity index (χ4v) is 3.27. The van der Waals surface area contributed by atoms with E-state index in [9.17, 15) is 36.3 Å². The summed E-state index contributed by atoms with van der Waals surface area (Å²) in [5, 5.41) is 2.55. The van der Waals surface area contributed by atoms with E-state index in [1.165, 1.54) is 30.6 Å². The van der Waals surface area contributed by atoms with E-state index in [0.717, 1.165) is 11.1 Å². The summed E-state index contributed by atoms with van der Waals surface area (Å²) in [5.41, 5.74) is -2.83. The number of halogens is 5. The molecule has 0 fully saturated rings. The Hall–Kier alpha value is -4.68. The van der Waals surface area contributed by atoms with Crippen LogP contribution in [-0.4, -0.2) is 39.3 Å². The molecule has 4 amide bonds. The van der Waals surface area contributed by atoms with E-state index < -0.39 is 53.3 Å². The number of carbonyl (C=O) groups excluding carboxylic acids is 3. The molecule has 0 radical (unpaired) electrons. The first-order valence-electron chi connectivity index (χ1n) is 10.1. The Morgan fingerprint density at radius 2 is 1.75 bits per heavy atom. The number of anilines is 2. The summed E-state index contributed by atoms with van der Waals surface area (Å²) in [6, 6.07) is 6.40. The molecular formula is C23H14F5N5O3. The first-order chi connectivity index (χ1) is 17.1. The topological polar surface area (TPSA) is 95.5 Å². The maximum Gasteiger partial charge on any atom is 0.417 e. The van der Waals surface area contributed by atoms with E-state index in [0.29, 0.717) is 10.7 Å². The summed E-state index contributed by atoms with van der Waals surface area (Å²) >= 11 is 0. The smallest absolute Gasteiger partial charge is 0.307 e. The number of nitrogens with one attached hydrogen (secondary N) is 1. The van der Waals surface area contributed by atoms with E-state index in [1.807, 2.05) is 0 Å². The molecule has 0 saturated carbocycles. The van der Waals surface area contributed by atoms with Crippen LogP contribution in [0.15, 0.2) is 67.1 Å². The zero-order valence-electron chi connectivity index (χ0n) is 18.0. The lowest BCUT2D eigenvalue weighted by atomic mass is 10.0. The van der Waals surface area contributed by atoms with E-state index in [4.69, 9.17) is 0 Å². The minimum atomic E-state index is -5.18. The van der Waals surface area contributed by atoms with Crippen LogP contribution in [0.4, 0.5) is 38.4 Å². The van der Waals surface area contributed by atoms with E-state index in [1.54, 1.807) is 18.2 Å². The van der Waals surface area contributed by atoms with Crippen molar-refractivity contribution in [3.8, 4) is 0 Å². The molecule has 36 heavy (non-hydrogen) atoms. The van der Waals surface area contributed by atoms with Gasteiger partial charge < -0.3 is 5.32 Å². The third-order valence-corrected chi connectivity index (χ3v) is 4.98. The van der Waals surface area contributed by atoms with Gasteiger partial charge in [-0.2, -0.15) is 13.2 Å². The van der Waals surface area contributed by atoms with Crippen molar-refractivity contribution in [3.05, 3.63) is 95.5 Å².